The third-order valence-corrected chi connectivity index (χ3v) is 2.08. The Labute approximate surface area is 75.9 Å². The molecule has 62 valence electrons. The Morgan fingerprint density at radius 3 is 2.73 bits per heavy atom. The third kappa shape index (κ3) is 3.10. The molecule has 1 rings (SSSR count). The van der Waals surface area contributed by atoms with Gasteiger partial charge in [0.15, 0.2) is 4.67 Å². The maximum atomic E-state index is 5.35. The van der Waals surface area contributed by atoms with E-state index in [1.807, 2.05) is 12.1 Å². The number of hydrogen-bond donors (Lipinski definition) is 0. The third-order valence-electron chi connectivity index (χ3n) is 1.66. The molecule has 0 fully saturated rings. The van der Waals surface area contributed by atoms with Gasteiger partial charge >= 0.3 is 0 Å². The Hall–Kier alpha value is -0.240. The van der Waals surface area contributed by atoms with Crippen LogP contribution in [0.2, 0.25) is 0 Å². The van der Waals surface area contributed by atoms with E-state index in [0.717, 1.165) is 16.9 Å². The molecular formula is C9H13BrO. The second kappa shape index (κ2) is 4.60. The van der Waals surface area contributed by atoms with E-state index in [0.29, 0.717) is 0 Å². The number of hydrogen-bond acceptors (Lipinski definition) is 1. The van der Waals surface area contributed by atoms with Crippen molar-refractivity contribution >= 4 is 15.9 Å². The van der Waals surface area contributed by atoms with Crippen molar-refractivity contribution < 1.29 is 4.42 Å². The van der Waals surface area contributed by atoms with Crippen molar-refractivity contribution in [1.29, 1.82) is 0 Å². The van der Waals surface area contributed by atoms with Crippen LogP contribution in [0.5, 0.6) is 0 Å². The average Bonchev–Trinajstić information content (AvgIpc) is 2.37. The molecule has 0 amide bonds. The second-order valence-electron chi connectivity index (χ2n) is 2.66. The van der Waals surface area contributed by atoms with E-state index in [2.05, 4.69) is 22.9 Å². The van der Waals surface area contributed by atoms with Crippen LogP contribution in [0, 0.1) is 0 Å². The van der Waals surface area contributed by atoms with Crippen molar-refractivity contribution in [2.75, 3.05) is 0 Å². The van der Waals surface area contributed by atoms with E-state index in [9.17, 15) is 0 Å². The number of unbranched alkanes of at least 4 members (excludes halogenated alkanes) is 2. The molecular weight excluding hydrogens is 204 g/mol. The minimum absolute atomic E-state index is 0.837. The molecule has 0 aliphatic heterocycles. The quantitative estimate of drug-likeness (QED) is 0.699. The number of rotatable bonds is 4. The van der Waals surface area contributed by atoms with Crippen LogP contribution in [0.25, 0.3) is 0 Å². The fourth-order valence-corrected chi connectivity index (χ4v) is 1.38. The van der Waals surface area contributed by atoms with Gasteiger partial charge in [0.1, 0.15) is 5.76 Å². The smallest absolute Gasteiger partial charge is 0.169 e. The average molecular weight is 217 g/mol. The van der Waals surface area contributed by atoms with Crippen molar-refractivity contribution in [1.82, 2.24) is 0 Å². The summed E-state index contributed by atoms with van der Waals surface area (Å²) >= 11 is 3.27. The minimum Gasteiger partial charge on any atom is -0.454 e. The fraction of sp³-hybridized carbons (Fsp3) is 0.556. The van der Waals surface area contributed by atoms with Crippen molar-refractivity contribution in [2.24, 2.45) is 0 Å². The predicted octanol–water partition coefficient (Wildman–Crippen LogP) is 3.77. The summed E-state index contributed by atoms with van der Waals surface area (Å²) in [5, 5.41) is 0. The molecule has 0 N–H and O–H groups in total. The van der Waals surface area contributed by atoms with Crippen molar-refractivity contribution in [2.45, 2.75) is 32.6 Å². The maximum Gasteiger partial charge on any atom is 0.169 e. The van der Waals surface area contributed by atoms with Crippen molar-refractivity contribution in [3.8, 4) is 0 Å². The number of aryl methyl sites for hydroxylation is 1. The van der Waals surface area contributed by atoms with Crippen LogP contribution in [0.1, 0.15) is 31.9 Å². The molecule has 0 bridgehead atoms. The van der Waals surface area contributed by atoms with Gasteiger partial charge in [-0.2, -0.15) is 0 Å². The zero-order chi connectivity index (χ0) is 8.10. The predicted molar refractivity (Wildman–Crippen MR) is 49.6 cm³/mol. The number of furan rings is 1. The van der Waals surface area contributed by atoms with E-state index in [-0.39, 0.29) is 0 Å². The Morgan fingerprint density at radius 2 is 2.18 bits per heavy atom. The summed E-state index contributed by atoms with van der Waals surface area (Å²) in [5.41, 5.74) is 0. The lowest BCUT2D eigenvalue weighted by atomic mass is 10.2. The van der Waals surface area contributed by atoms with Gasteiger partial charge in [-0.3, -0.25) is 0 Å². The molecule has 0 saturated carbocycles. The Bertz CT molecular complexity index is 205. The minimum atomic E-state index is 0.837. The number of halogens is 1. The molecule has 0 aromatic carbocycles. The van der Waals surface area contributed by atoms with Gasteiger partial charge in [0.05, 0.1) is 0 Å². The largest absolute Gasteiger partial charge is 0.454 e. The summed E-state index contributed by atoms with van der Waals surface area (Å²) in [6.45, 7) is 2.21. The van der Waals surface area contributed by atoms with Crippen LogP contribution in [-0.4, -0.2) is 0 Å². The zero-order valence-corrected chi connectivity index (χ0v) is 8.36. The highest BCUT2D eigenvalue weighted by molar-refractivity contribution is 9.10. The van der Waals surface area contributed by atoms with Crippen LogP contribution >= 0.6 is 15.9 Å². The summed E-state index contributed by atoms with van der Waals surface area (Å²) in [6, 6.07) is 3.97. The van der Waals surface area contributed by atoms with Gasteiger partial charge in [-0.1, -0.05) is 19.8 Å². The Morgan fingerprint density at radius 1 is 1.36 bits per heavy atom. The van der Waals surface area contributed by atoms with Crippen LogP contribution in [0.15, 0.2) is 21.2 Å². The standard InChI is InChI=1S/C9H13BrO/c1-2-3-4-5-8-6-7-9(10)11-8/h6-7H,2-5H2,1H3. The SMILES string of the molecule is CCCCCc1ccc(Br)o1. The van der Waals surface area contributed by atoms with Gasteiger partial charge in [0.2, 0.25) is 0 Å². The molecule has 1 aromatic heterocycles. The molecule has 0 atom stereocenters. The van der Waals surface area contributed by atoms with E-state index >= 15 is 0 Å². The van der Waals surface area contributed by atoms with Gasteiger partial charge in [-0.25, -0.2) is 0 Å². The zero-order valence-electron chi connectivity index (χ0n) is 6.77. The molecule has 0 unspecified atom stereocenters. The van der Waals surface area contributed by atoms with Crippen LogP contribution in [-0.2, 0) is 6.42 Å². The van der Waals surface area contributed by atoms with Gasteiger partial charge in [0.25, 0.3) is 0 Å². The van der Waals surface area contributed by atoms with Gasteiger partial charge in [0, 0.05) is 6.42 Å². The summed E-state index contributed by atoms with van der Waals surface area (Å²) in [5.74, 6) is 1.09. The van der Waals surface area contributed by atoms with Gasteiger partial charge in [-0.15, -0.1) is 0 Å². The normalized spacial score (nSPS) is 10.4. The topological polar surface area (TPSA) is 13.1 Å². The second-order valence-corrected chi connectivity index (χ2v) is 3.44. The molecule has 0 radical (unpaired) electrons. The monoisotopic (exact) mass is 216 g/mol. The lowest BCUT2D eigenvalue weighted by Crippen LogP contribution is -1.80. The molecule has 0 spiro atoms. The first kappa shape index (κ1) is 8.85. The van der Waals surface area contributed by atoms with E-state index in [1.165, 1.54) is 19.3 Å². The van der Waals surface area contributed by atoms with Crippen LogP contribution in [0.3, 0.4) is 0 Å². The molecule has 1 nitrogen and oxygen atoms in total. The van der Waals surface area contributed by atoms with Crippen molar-refractivity contribution in [3.05, 3.63) is 22.6 Å². The summed E-state index contributed by atoms with van der Waals surface area (Å²) in [4.78, 5) is 0. The summed E-state index contributed by atoms with van der Waals surface area (Å²) < 4.78 is 6.18. The van der Waals surface area contributed by atoms with Crippen LogP contribution < -0.4 is 0 Å². The van der Waals surface area contributed by atoms with E-state index < -0.39 is 0 Å². The van der Waals surface area contributed by atoms with E-state index in [1.54, 1.807) is 0 Å². The highest BCUT2D eigenvalue weighted by Gasteiger charge is 1.97. The first-order chi connectivity index (χ1) is 5.33. The highest BCUT2D eigenvalue weighted by Crippen LogP contribution is 2.15. The van der Waals surface area contributed by atoms with Crippen molar-refractivity contribution in [3.63, 3.8) is 0 Å². The van der Waals surface area contributed by atoms with Gasteiger partial charge < -0.3 is 4.42 Å². The maximum absolute atomic E-state index is 5.35. The first-order valence-corrected chi connectivity index (χ1v) is 4.86. The lowest BCUT2D eigenvalue weighted by molar-refractivity contribution is 0.477. The summed E-state index contributed by atoms with van der Waals surface area (Å²) in [6.07, 6.45) is 4.86. The lowest BCUT2D eigenvalue weighted by Gasteiger charge is -1.93. The molecule has 11 heavy (non-hydrogen) atoms. The molecule has 0 saturated heterocycles. The molecule has 0 aliphatic rings. The molecule has 1 aromatic rings. The van der Waals surface area contributed by atoms with Crippen LogP contribution in [0.4, 0.5) is 0 Å². The molecule has 1 heterocycles. The molecule has 2 heteroatoms. The van der Waals surface area contributed by atoms with Gasteiger partial charge in [-0.05, 0) is 34.5 Å². The molecule has 0 aliphatic carbocycles. The first-order valence-electron chi connectivity index (χ1n) is 4.07. The Kier molecular flexibility index (Phi) is 3.70. The fourth-order valence-electron chi connectivity index (χ4n) is 1.04. The Balaban J connectivity index is 2.27. The highest BCUT2D eigenvalue weighted by atomic mass is 79.9. The summed E-state index contributed by atoms with van der Waals surface area (Å²) in [7, 11) is 0. The van der Waals surface area contributed by atoms with E-state index in [4.69, 9.17) is 4.42 Å².